The van der Waals surface area contributed by atoms with E-state index in [9.17, 15) is 9.00 Å². The van der Waals surface area contributed by atoms with Crippen LogP contribution in [0.25, 0.3) is 0 Å². The minimum absolute atomic E-state index is 0.238. The Bertz CT molecular complexity index is 463. The molecule has 0 aromatic heterocycles. The zero-order chi connectivity index (χ0) is 14.4. The van der Waals surface area contributed by atoms with Gasteiger partial charge in [0.2, 0.25) is 0 Å². The average Bonchev–Trinajstić information content (AvgIpc) is 2.92. The predicted molar refractivity (Wildman–Crippen MR) is 78.7 cm³/mol. The lowest BCUT2D eigenvalue weighted by atomic mass is 10.1. The fourth-order valence-corrected chi connectivity index (χ4v) is 3.76. The Balaban J connectivity index is 1.69. The van der Waals surface area contributed by atoms with Crippen LogP contribution in [0.1, 0.15) is 36.0 Å². The smallest absolute Gasteiger partial charge is 0.335 e. The molecule has 0 bridgehead atoms. The van der Waals surface area contributed by atoms with Crippen molar-refractivity contribution in [1.29, 1.82) is 0 Å². The zero-order valence-electron chi connectivity index (χ0n) is 11.4. The van der Waals surface area contributed by atoms with Crippen molar-refractivity contribution in [1.82, 2.24) is 0 Å². The molecule has 1 fully saturated rings. The van der Waals surface area contributed by atoms with E-state index in [1.54, 1.807) is 12.1 Å². The summed E-state index contributed by atoms with van der Waals surface area (Å²) in [5.74, 6) is 1.63. The SMILES string of the molecule is O=C(O)c1ccc(OCCS(=O)CC2CCCC2)cc1. The quantitative estimate of drug-likeness (QED) is 0.840. The number of carboxylic acids is 1. The van der Waals surface area contributed by atoms with Gasteiger partial charge >= 0.3 is 5.97 Å². The third-order valence-corrected chi connectivity index (χ3v) is 5.04. The number of ether oxygens (including phenoxy) is 1. The highest BCUT2D eigenvalue weighted by atomic mass is 32.2. The lowest BCUT2D eigenvalue weighted by Crippen LogP contribution is -2.15. The minimum atomic E-state index is -0.950. The molecule has 1 aromatic rings. The van der Waals surface area contributed by atoms with Crippen LogP contribution in [-0.4, -0.2) is 33.4 Å². The van der Waals surface area contributed by atoms with E-state index in [-0.39, 0.29) is 5.56 Å². The van der Waals surface area contributed by atoms with E-state index in [4.69, 9.17) is 9.84 Å². The van der Waals surface area contributed by atoms with Crippen LogP contribution in [0.4, 0.5) is 0 Å². The van der Waals surface area contributed by atoms with Crippen LogP contribution in [0.2, 0.25) is 0 Å². The molecule has 20 heavy (non-hydrogen) atoms. The molecule has 0 aliphatic heterocycles. The summed E-state index contributed by atoms with van der Waals surface area (Å²) in [6.07, 6.45) is 4.97. The van der Waals surface area contributed by atoms with Gasteiger partial charge < -0.3 is 9.84 Å². The maximum Gasteiger partial charge on any atom is 0.335 e. The van der Waals surface area contributed by atoms with Crippen LogP contribution >= 0.6 is 0 Å². The third-order valence-electron chi connectivity index (χ3n) is 3.58. The largest absolute Gasteiger partial charge is 0.493 e. The van der Waals surface area contributed by atoms with Crippen molar-refractivity contribution in [3.63, 3.8) is 0 Å². The molecule has 1 aliphatic rings. The first-order valence-electron chi connectivity index (χ1n) is 6.96. The summed E-state index contributed by atoms with van der Waals surface area (Å²) in [6.45, 7) is 0.408. The van der Waals surface area contributed by atoms with Gasteiger partial charge in [-0.3, -0.25) is 4.21 Å². The molecule has 1 N–H and O–H groups in total. The van der Waals surface area contributed by atoms with E-state index in [0.717, 1.165) is 5.75 Å². The first-order chi connectivity index (χ1) is 9.65. The van der Waals surface area contributed by atoms with E-state index >= 15 is 0 Å². The summed E-state index contributed by atoms with van der Waals surface area (Å²) < 4.78 is 17.4. The molecule has 5 heteroatoms. The molecule has 4 nitrogen and oxygen atoms in total. The molecule has 1 aromatic carbocycles. The van der Waals surface area contributed by atoms with Crippen molar-refractivity contribution in [3.05, 3.63) is 29.8 Å². The van der Waals surface area contributed by atoms with Crippen molar-refractivity contribution in [2.75, 3.05) is 18.1 Å². The molecular weight excluding hydrogens is 276 g/mol. The fraction of sp³-hybridized carbons (Fsp3) is 0.533. The van der Waals surface area contributed by atoms with Gasteiger partial charge in [0.1, 0.15) is 5.75 Å². The molecule has 1 aliphatic carbocycles. The maximum absolute atomic E-state index is 11.9. The Morgan fingerprint density at radius 1 is 1.25 bits per heavy atom. The molecule has 0 saturated heterocycles. The van der Waals surface area contributed by atoms with Gasteiger partial charge in [-0.1, -0.05) is 12.8 Å². The van der Waals surface area contributed by atoms with Crippen molar-refractivity contribution in [2.24, 2.45) is 5.92 Å². The number of hydrogen-bond acceptors (Lipinski definition) is 3. The van der Waals surface area contributed by atoms with Gasteiger partial charge in [0.25, 0.3) is 0 Å². The van der Waals surface area contributed by atoms with Crippen LogP contribution in [0.3, 0.4) is 0 Å². The number of rotatable bonds is 7. The summed E-state index contributed by atoms with van der Waals surface area (Å²) in [5.41, 5.74) is 0.238. The highest BCUT2D eigenvalue weighted by molar-refractivity contribution is 7.85. The van der Waals surface area contributed by atoms with Crippen LogP contribution in [0, 0.1) is 5.92 Å². The number of carboxylic acid groups (broad SMARTS) is 1. The first-order valence-corrected chi connectivity index (χ1v) is 8.45. The maximum atomic E-state index is 11.9. The second-order valence-corrected chi connectivity index (χ2v) is 6.76. The number of carbonyl (C=O) groups is 1. The van der Waals surface area contributed by atoms with Gasteiger partial charge in [-0.15, -0.1) is 0 Å². The van der Waals surface area contributed by atoms with E-state index in [0.29, 0.717) is 24.0 Å². The molecule has 1 saturated carbocycles. The lowest BCUT2D eigenvalue weighted by Gasteiger charge is -2.09. The lowest BCUT2D eigenvalue weighted by molar-refractivity contribution is 0.0697. The number of benzene rings is 1. The van der Waals surface area contributed by atoms with Gasteiger partial charge in [0, 0.05) is 16.6 Å². The van der Waals surface area contributed by atoms with Crippen LogP contribution in [-0.2, 0) is 10.8 Å². The normalized spacial score (nSPS) is 17.0. The first kappa shape index (κ1) is 15.0. The highest BCUT2D eigenvalue weighted by Crippen LogP contribution is 2.25. The van der Waals surface area contributed by atoms with E-state index < -0.39 is 16.8 Å². The molecular formula is C15H20O4S. The third kappa shape index (κ3) is 4.63. The van der Waals surface area contributed by atoms with E-state index in [1.807, 2.05) is 0 Å². The Morgan fingerprint density at radius 2 is 1.90 bits per heavy atom. The summed E-state index contributed by atoms with van der Waals surface area (Å²) in [6, 6.07) is 6.27. The molecule has 0 heterocycles. The summed E-state index contributed by atoms with van der Waals surface area (Å²) in [7, 11) is -0.814. The van der Waals surface area contributed by atoms with Crippen LogP contribution < -0.4 is 4.74 Å². The molecule has 2 rings (SSSR count). The molecule has 0 radical (unpaired) electrons. The number of aromatic carboxylic acids is 1. The van der Waals surface area contributed by atoms with Crippen molar-refractivity contribution in [3.8, 4) is 5.75 Å². The van der Waals surface area contributed by atoms with Crippen LogP contribution in [0.5, 0.6) is 5.75 Å². The second kappa shape index (κ2) is 7.43. The molecule has 1 atom stereocenters. The molecule has 0 amide bonds. The van der Waals surface area contributed by atoms with E-state index in [2.05, 4.69) is 0 Å². The zero-order valence-corrected chi connectivity index (χ0v) is 12.2. The molecule has 0 spiro atoms. The van der Waals surface area contributed by atoms with Gasteiger partial charge in [-0.05, 0) is 43.0 Å². The Morgan fingerprint density at radius 3 is 2.50 bits per heavy atom. The summed E-state index contributed by atoms with van der Waals surface area (Å²) >= 11 is 0. The Hall–Kier alpha value is -1.36. The minimum Gasteiger partial charge on any atom is -0.493 e. The summed E-state index contributed by atoms with van der Waals surface area (Å²) in [4.78, 5) is 10.7. The Labute approximate surface area is 121 Å². The van der Waals surface area contributed by atoms with Crippen molar-refractivity contribution >= 4 is 16.8 Å². The topological polar surface area (TPSA) is 63.6 Å². The highest BCUT2D eigenvalue weighted by Gasteiger charge is 2.17. The van der Waals surface area contributed by atoms with Gasteiger partial charge in [0.05, 0.1) is 17.9 Å². The van der Waals surface area contributed by atoms with E-state index in [1.165, 1.54) is 37.8 Å². The molecule has 110 valence electrons. The van der Waals surface area contributed by atoms with Crippen molar-refractivity contribution < 1.29 is 18.8 Å². The molecule has 1 unspecified atom stereocenters. The van der Waals surface area contributed by atoms with Gasteiger partial charge in [0.15, 0.2) is 0 Å². The monoisotopic (exact) mass is 296 g/mol. The summed E-state index contributed by atoms with van der Waals surface area (Å²) in [5, 5.41) is 8.78. The standard InChI is InChI=1S/C15H20O4S/c16-15(17)13-5-7-14(8-6-13)19-9-10-20(18)11-12-3-1-2-4-12/h5-8,12H,1-4,9-11H2,(H,16,17). The number of hydrogen-bond donors (Lipinski definition) is 1. The second-order valence-electron chi connectivity index (χ2n) is 5.14. The van der Waals surface area contributed by atoms with Crippen molar-refractivity contribution in [2.45, 2.75) is 25.7 Å². The Kier molecular flexibility index (Phi) is 5.59. The van der Waals surface area contributed by atoms with Crippen LogP contribution in [0.15, 0.2) is 24.3 Å². The van der Waals surface area contributed by atoms with Gasteiger partial charge in [-0.25, -0.2) is 4.79 Å². The average molecular weight is 296 g/mol. The fourth-order valence-electron chi connectivity index (χ4n) is 2.47. The predicted octanol–water partition coefficient (Wildman–Crippen LogP) is 2.70. The van der Waals surface area contributed by atoms with Gasteiger partial charge in [-0.2, -0.15) is 0 Å².